The molecule has 0 aliphatic heterocycles. The van der Waals surface area contributed by atoms with E-state index in [1.165, 1.54) is 25.6 Å². The summed E-state index contributed by atoms with van der Waals surface area (Å²) in [4.78, 5) is 36.9. The van der Waals surface area contributed by atoms with Crippen LogP contribution in [0, 0.1) is 0 Å². The van der Waals surface area contributed by atoms with Crippen LogP contribution in [0.3, 0.4) is 0 Å². The SMILES string of the molecule is CC(=O)Nc1ccc(S[C@@H](C(=O)Nc2cccc(C(C)=O)c2)c2ccccc2)cc1. The number of rotatable bonds is 7. The van der Waals surface area contributed by atoms with E-state index in [1.807, 2.05) is 42.5 Å². The van der Waals surface area contributed by atoms with Crippen LogP contribution in [-0.4, -0.2) is 17.6 Å². The molecule has 0 spiro atoms. The minimum atomic E-state index is -0.487. The van der Waals surface area contributed by atoms with Crippen molar-refractivity contribution in [3.63, 3.8) is 0 Å². The van der Waals surface area contributed by atoms with Crippen molar-refractivity contribution in [1.29, 1.82) is 0 Å². The largest absolute Gasteiger partial charge is 0.326 e. The molecule has 6 heteroatoms. The van der Waals surface area contributed by atoms with Gasteiger partial charge in [-0.05, 0) is 48.9 Å². The summed E-state index contributed by atoms with van der Waals surface area (Å²) in [6.45, 7) is 2.95. The lowest BCUT2D eigenvalue weighted by Crippen LogP contribution is -2.19. The molecule has 2 N–H and O–H groups in total. The normalized spacial score (nSPS) is 11.4. The van der Waals surface area contributed by atoms with E-state index in [-0.39, 0.29) is 17.6 Å². The number of carbonyl (C=O) groups excluding carboxylic acids is 3. The summed E-state index contributed by atoms with van der Waals surface area (Å²) in [7, 11) is 0. The summed E-state index contributed by atoms with van der Waals surface area (Å²) in [6.07, 6.45) is 0. The Labute approximate surface area is 179 Å². The number of carbonyl (C=O) groups is 3. The number of benzene rings is 3. The lowest BCUT2D eigenvalue weighted by atomic mass is 10.1. The molecular weight excluding hydrogens is 396 g/mol. The van der Waals surface area contributed by atoms with Gasteiger partial charge in [0, 0.05) is 28.8 Å². The summed E-state index contributed by atoms with van der Waals surface area (Å²) in [5, 5.41) is 5.17. The van der Waals surface area contributed by atoms with Crippen LogP contribution >= 0.6 is 11.8 Å². The van der Waals surface area contributed by atoms with Crippen molar-refractivity contribution < 1.29 is 14.4 Å². The lowest BCUT2D eigenvalue weighted by Gasteiger charge is -2.17. The minimum Gasteiger partial charge on any atom is -0.326 e. The molecule has 3 aromatic rings. The zero-order valence-electron chi connectivity index (χ0n) is 16.7. The van der Waals surface area contributed by atoms with Gasteiger partial charge in [-0.25, -0.2) is 0 Å². The third-order valence-electron chi connectivity index (χ3n) is 4.31. The molecule has 1 atom stereocenters. The van der Waals surface area contributed by atoms with Gasteiger partial charge in [-0.15, -0.1) is 11.8 Å². The summed E-state index contributed by atoms with van der Waals surface area (Å²) < 4.78 is 0. The number of thioether (sulfide) groups is 1. The van der Waals surface area contributed by atoms with Crippen molar-refractivity contribution in [2.45, 2.75) is 24.0 Å². The summed E-state index contributed by atoms with van der Waals surface area (Å²) in [5.74, 6) is -0.373. The number of anilines is 2. The number of Topliss-reactive ketones (excluding diaryl/α,β-unsaturated/α-hetero) is 1. The fraction of sp³-hybridized carbons (Fsp3) is 0.125. The molecule has 5 nitrogen and oxygen atoms in total. The number of ketones is 1. The molecule has 0 bridgehead atoms. The molecule has 0 saturated carbocycles. The quantitative estimate of drug-likeness (QED) is 0.402. The molecule has 152 valence electrons. The molecule has 0 saturated heterocycles. The van der Waals surface area contributed by atoms with Gasteiger partial charge in [0.15, 0.2) is 5.78 Å². The van der Waals surface area contributed by atoms with Crippen molar-refractivity contribution in [2.24, 2.45) is 0 Å². The fourth-order valence-electron chi connectivity index (χ4n) is 2.88. The highest BCUT2D eigenvalue weighted by Crippen LogP contribution is 2.36. The van der Waals surface area contributed by atoms with Crippen LogP contribution in [0.15, 0.2) is 83.8 Å². The predicted octanol–water partition coefficient (Wildman–Crippen LogP) is 5.32. The van der Waals surface area contributed by atoms with Crippen molar-refractivity contribution in [3.05, 3.63) is 90.0 Å². The Balaban J connectivity index is 1.82. The Hall–Kier alpha value is -3.38. The van der Waals surface area contributed by atoms with E-state index in [4.69, 9.17) is 0 Å². The first-order valence-corrected chi connectivity index (χ1v) is 10.3. The van der Waals surface area contributed by atoms with Crippen LogP contribution in [0.2, 0.25) is 0 Å². The summed E-state index contributed by atoms with van der Waals surface area (Å²) >= 11 is 1.42. The Kier molecular flexibility index (Phi) is 7.03. The highest BCUT2D eigenvalue weighted by Gasteiger charge is 2.22. The van der Waals surface area contributed by atoms with E-state index in [1.54, 1.807) is 36.4 Å². The third kappa shape index (κ3) is 5.81. The summed E-state index contributed by atoms with van der Waals surface area (Å²) in [5.41, 5.74) is 2.70. The first-order valence-electron chi connectivity index (χ1n) is 9.43. The molecule has 2 amide bonds. The number of nitrogens with one attached hydrogen (secondary N) is 2. The Morgan fingerprint density at radius 1 is 0.767 bits per heavy atom. The second kappa shape index (κ2) is 9.89. The van der Waals surface area contributed by atoms with E-state index >= 15 is 0 Å². The number of amides is 2. The number of hydrogen-bond acceptors (Lipinski definition) is 4. The van der Waals surface area contributed by atoms with E-state index < -0.39 is 5.25 Å². The average Bonchev–Trinajstić information content (AvgIpc) is 2.73. The van der Waals surface area contributed by atoms with Crippen molar-refractivity contribution in [1.82, 2.24) is 0 Å². The van der Waals surface area contributed by atoms with Gasteiger partial charge in [-0.1, -0.05) is 42.5 Å². The zero-order valence-corrected chi connectivity index (χ0v) is 17.5. The van der Waals surface area contributed by atoms with Gasteiger partial charge in [0.25, 0.3) is 0 Å². The van der Waals surface area contributed by atoms with Gasteiger partial charge < -0.3 is 10.6 Å². The Morgan fingerprint density at radius 2 is 1.47 bits per heavy atom. The maximum atomic E-state index is 13.1. The Bertz CT molecular complexity index is 1050. The second-order valence-corrected chi connectivity index (χ2v) is 7.92. The van der Waals surface area contributed by atoms with E-state index in [2.05, 4.69) is 10.6 Å². The third-order valence-corrected chi connectivity index (χ3v) is 5.57. The van der Waals surface area contributed by atoms with E-state index in [0.717, 1.165) is 10.5 Å². The smallest absolute Gasteiger partial charge is 0.242 e. The fourth-order valence-corrected chi connectivity index (χ4v) is 3.91. The van der Waals surface area contributed by atoms with Gasteiger partial charge in [0.05, 0.1) is 0 Å². The standard InChI is InChI=1S/C24H22N2O3S/c1-16(27)19-9-6-10-21(15-19)26-24(29)23(18-7-4-3-5-8-18)30-22-13-11-20(12-14-22)25-17(2)28/h3-15,23H,1-2H3,(H,25,28)(H,26,29)/t23-/m1/s1. The highest BCUT2D eigenvalue weighted by molar-refractivity contribution is 8.00. The Morgan fingerprint density at radius 3 is 2.10 bits per heavy atom. The molecule has 0 aromatic heterocycles. The van der Waals surface area contributed by atoms with E-state index in [0.29, 0.717) is 16.9 Å². The van der Waals surface area contributed by atoms with Gasteiger partial charge >= 0.3 is 0 Å². The first kappa shape index (κ1) is 21.3. The van der Waals surface area contributed by atoms with Gasteiger partial charge in [-0.3, -0.25) is 14.4 Å². The molecule has 30 heavy (non-hydrogen) atoms. The maximum absolute atomic E-state index is 13.1. The molecule has 0 unspecified atom stereocenters. The molecule has 0 heterocycles. The van der Waals surface area contributed by atoms with Crippen LogP contribution < -0.4 is 10.6 Å². The molecule has 3 rings (SSSR count). The minimum absolute atomic E-state index is 0.0562. The van der Waals surface area contributed by atoms with Crippen LogP contribution in [0.4, 0.5) is 11.4 Å². The molecule has 0 radical (unpaired) electrons. The van der Waals surface area contributed by atoms with Crippen LogP contribution in [0.25, 0.3) is 0 Å². The molecule has 0 aliphatic rings. The van der Waals surface area contributed by atoms with Crippen molar-refractivity contribution >= 4 is 40.7 Å². The average molecular weight is 419 g/mol. The maximum Gasteiger partial charge on any atom is 0.242 e. The van der Waals surface area contributed by atoms with Gasteiger partial charge in [0.1, 0.15) is 5.25 Å². The van der Waals surface area contributed by atoms with Crippen molar-refractivity contribution in [3.8, 4) is 0 Å². The van der Waals surface area contributed by atoms with Crippen LogP contribution in [-0.2, 0) is 9.59 Å². The molecule has 0 fully saturated rings. The van der Waals surface area contributed by atoms with Crippen LogP contribution in [0.5, 0.6) is 0 Å². The van der Waals surface area contributed by atoms with Crippen molar-refractivity contribution in [2.75, 3.05) is 10.6 Å². The van der Waals surface area contributed by atoms with Crippen LogP contribution in [0.1, 0.15) is 35.0 Å². The van der Waals surface area contributed by atoms with E-state index in [9.17, 15) is 14.4 Å². The highest BCUT2D eigenvalue weighted by atomic mass is 32.2. The lowest BCUT2D eigenvalue weighted by molar-refractivity contribution is -0.116. The second-order valence-electron chi connectivity index (χ2n) is 6.74. The molecule has 0 aliphatic carbocycles. The monoisotopic (exact) mass is 418 g/mol. The molecule has 3 aromatic carbocycles. The first-order chi connectivity index (χ1) is 14.4. The van der Waals surface area contributed by atoms with Gasteiger partial charge in [0.2, 0.25) is 11.8 Å². The van der Waals surface area contributed by atoms with Gasteiger partial charge in [-0.2, -0.15) is 0 Å². The topological polar surface area (TPSA) is 75.3 Å². The predicted molar refractivity (Wildman–Crippen MR) is 121 cm³/mol. The summed E-state index contributed by atoms with van der Waals surface area (Å²) in [6, 6.07) is 23.8. The zero-order chi connectivity index (χ0) is 21.5. The number of hydrogen-bond donors (Lipinski definition) is 2. The molecular formula is C24H22N2O3S.